The number of fused-ring (bicyclic) bond motifs is 1. The van der Waals surface area contributed by atoms with E-state index in [1.807, 2.05) is 19.1 Å². The van der Waals surface area contributed by atoms with Crippen LogP contribution in [0, 0.1) is 6.92 Å². The van der Waals surface area contributed by atoms with Crippen molar-refractivity contribution in [1.29, 1.82) is 0 Å². The average molecular weight is 212 g/mol. The molecule has 4 heteroatoms. The molecule has 0 aliphatic heterocycles. The summed E-state index contributed by atoms with van der Waals surface area (Å²) in [5.41, 5.74) is 2.47. The molecular weight excluding hydrogens is 202 g/mol. The molecule has 0 bridgehead atoms. The van der Waals surface area contributed by atoms with E-state index in [9.17, 15) is 0 Å². The first-order valence-corrected chi connectivity index (χ1v) is 4.75. The van der Waals surface area contributed by atoms with E-state index in [0.29, 0.717) is 11.4 Å². The summed E-state index contributed by atoms with van der Waals surface area (Å²) in [7, 11) is 0. The Morgan fingerprint density at radius 3 is 3.00 bits per heavy atom. The summed E-state index contributed by atoms with van der Waals surface area (Å²) in [4.78, 5) is 0. The number of hydrogen-bond donors (Lipinski definition) is 1. The second-order valence-electron chi connectivity index (χ2n) is 3.20. The standard InChI is InChI=1S/C10H10ClNO2/c1-6-4-7(11)5-8-9(2-3-13)12-14-10(6)8/h4-5,13H,2-3H2,1H3. The van der Waals surface area contributed by atoms with Gasteiger partial charge in [-0.1, -0.05) is 16.8 Å². The van der Waals surface area contributed by atoms with Crippen LogP contribution in [0.4, 0.5) is 0 Å². The van der Waals surface area contributed by atoms with Gasteiger partial charge >= 0.3 is 0 Å². The van der Waals surface area contributed by atoms with Gasteiger partial charge in [-0.25, -0.2) is 0 Å². The number of aliphatic hydroxyl groups excluding tert-OH is 1. The van der Waals surface area contributed by atoms with E-state index in [1.165, 1.54) is 0 Å². The lowest BCUT2D eigenvalue weighted by atomic mass is 10.1. The smallest absolute Gasteiger partial charge is 0.170 e. The molecule has 3 nitrogen and oxygen atoms in total. The van der Waals surface area contributed by atoms with Crippen LogP contribution in [0.1, 0.15) is 11.3 Å². The fourth-order valence-electron chi connectivity index (χ4n) is 1.50. The van der Waals surface area contributed by atoms with E-state index in [1.54, 1.807) is 0 Å². The van der Waals surface area contributed by atoms with Gasteiger partial charge in [0.05, 0.1) is 5.69 Å². The van der Waals surface area contributed by atoms with Crippen LogP contribution in [-0.2, 0) is 6.42 Å². The average Bonchev–Trinajstić information content (AvgIpc) is 2.49. The van der Waals surface area contributed by atoms with Gasteiger partial charge in [-0.3, -0.25) is 0 Å². The molecular formula is C10H10ClNO2. The Balaban J connectivity index is 2.66. The van der Waals surface area contributed by atoms with Gasteiger partial charge in [0.25, 0.3) is 0 Å². The fraction of sp³-hybridized carbons (Fsp3) is 0.300. The van der Waals surface area contributed by atoms with Gasteiger partial charge < -0.3 is 9.63 Å². The first kappa shape index (κ1) is 9.49. The number of aryl methyl sites for hydroxylation is 1. The molecule has 2 rings (SSSR count). The SMILES string of the molecule is Cc1cc(Cl)cc2c(CCO)noc12. The maximum Gasteiger partial charge on any atom is 0.170 e. The first-order valence-electron chi connectivity index (χ1n) is 4.37. The summed E-state index contributed by atoms with van der Waals surface area (Å²) in [6, 6.07) is 3.64. The van der Waals surface area contributed by atoms with Gasteiger partial charge in [0.15, 0.2) is 5.58 Å². The third-order valence-corrected chi connectivity index (χ3v) is 2.36. The highest BCUT2D eigenvalue weighted by Crippen LogP contribution is 2.26. The lowest BCUT2D eigenvalue weighted by molar-refractivity contribution is 0.295. The third kappa shape index (κ3) is 1.49. The molecule has 1 aromatic carbocycles. The Hall–Kier alpha value is -1.06. The van der Waals surface area contributed by atoms with Gasteiger partial charge in [0, 0.05) is 23.4 Å². The summed E-state index contributed by atoms with van der Waals surface area (Å²) < 4.78 is 5.17. The summed E-state index contributed by atoms with van der Waals surface area (Å²) in [6.45, 7) is 1.98. The summed E-state index contributed by atoms with van der Waals surface area (Å²) in [5.74, 6) is 0. The normalized spacial score (nSPS) is 11.1. The molecule has 0 saturated heterocycles. The highest BCUT2D eigenvalue weighted by Gasteiger charge is 2.10. The van der Waals surface area contributed by atoms with E-state index < -0.39 is 0 Å². The van der Waals surface area contributed by atoms with E-state index >= 15 is 0 Å². The lowest BCUT2D eigenvalue weighted by Gasteiger charge is -1.96. The minimum atomic E-state index is 0.0627. The van der Waals surface area contributed by atoms with Crippen LogP contribution in [0.5, 0.6) is 0 Å². The second kappa shape index (κ2) is 3.59. The third-order valence-electron chi connectivity index (χ3n) is 2.15. The molecule has 0 atom stereocenters. The number of benzene rings is 1. The maximum absolute atomic E-state index is 8.82. The van der Waals surface area contributed by atoms with Crippen molar-refractivity contribution < 1.29 is 9.63 Å². The quantitative estimate of drug-likeness (QED) is 0.829. The Bertz CT molecular complexity index is 464. The van der Waals surface area contributed by atoms with E-state index in [-0.39, 0.29) is 6.61 Å². The highest BCUT2D eigenvalue weighted by atomic mass is 35.5. The fourth-order valence-corrected chi connectivity index (χ4v) is 1.77. The minimum Gasteiger partial charge on any atom is -0.396 e. The number of hydrogen-bond acceptors (Lipinski definition) is 3. The molecule has 0 saturated carbocycles. The van der Waals surface area contributed by atoms with Crippen molar-refractivity contribution in [3.63, 3.8) is 0 Å². The van der Waals surface area contributed by atoms with Crippen molar-refractivity contribution in [2.24, 2.45) is 0 Å². The zero-order valence-electron chi connectivity index (χ0n) is 7.75. The zero-order valence-corrected chi connectivity index (χ0v) is 8.51. The molecule has 1 N–H and O–H groups in total. The predicted octanol–water partition coefficient (Wildman–Crippen LogP) is 2.32. The lowest BCUT2D eigenvalue weighted by Crippen LogP contribution is -1.90. The molecule has 0 radical (unpaired) electrons. The first-order chi connectivity index (χ1) is 6.72. The Kier molecular flexibility index (Phi) is 2.44. The maximum atomic E-state index is 8.82. The molecule has 0 fully saturated rings. The van der Waals surface area contributed by atoms with Gasteiger partial charge in [-0.05, 0) is 24.6 Å². The number of halogens is 1. The summed E-state index contributed by atoms with van der Waals surface area (Å²) in [6.07, 6.45) is 0.493. The Morgan fingerprint density at radius 1 is 1.50 bits per heavy atom. The molecule has 0 aliphatic carbocycles. The van der Waals surface area contributed by atoms with Gasteiger partial charge in [0.2, 0.25) is 0 Å². The molecule has 0 amide bonds. The molecule has 14 heavy (non-hydrogen) atoms. The Labute approximate surface area is 86.3 Å². The largest absolute Gasteiger partial charge is 0.396 e. The van der Waals surface area contributed by atoms with Crippen LogP contribution in [-0.4, -0.2) is 16.9 Å². The van der Waals surface area contributed by atoms with Crippen LogP contribution >= 0.6 is 11.6 Å². The topological polar surface area (TPSA) is 46.3 Å². The minimum absolute atomic E-state index is 0.0627. The second-order valence-corrected chi connectivity index (χ2v) is 3.64. The van der Waals surface area contributed by atoms with Crippen LogP contribution < -0.4 is 0 Å². The molecule has 0 spiro atoms. The van der Waals surface area contributed by atoms with E-state index in [0.717, 1.165) is 22.2 Å². The van der Waals surface area contributed by atoms with Crippen molar-refractivity contribution in [3.05, 3.63) is 28.4 Å². The van der Waals surface area contributed by atoms with Crippen LogP contribution in [0.25, 0.3) is 11.0 Å². The summed E-state index contributed by atoms with van der Waals surface area (Å²) in [5, 5.41) is 14.3. The molecule has 2 aromatic rings. The molecule has 0 aliphatic rings. The zero-order chi connectivity index (χ0) is 10.1. The molecule has 1 aromatic heterocycles. The highest BCUT2D eigenvalue weighted by molar-refractivity contribution is 6.31. The number of nitrogens with zero attached hydrogens (tertiary/aromatic N) is 1. The monoisotopic (exact) mass is 211 g/mol. The van der Waals surface area contributed by atoms with Gasteiger partial charge in [0.1, 0.15) is 0 Å². The van der Waals surface area contributed by atoms with E-state index in [2.05, 4.69) is 5.16 Å². The van der Waals surface area contributed by atoms with Crippen molar-refractivity contribution in [1.82, 2.24) is 5.16 Å². The van der Waals surface area contributed by atoms with Crippen molar-refractivity contribution in [3.8, 4) is 0 Å². The van der Waals surface area contributed by atoms with Crippen molar-refractivity contribution in [2.75, 3.05) is 6.61 Å². The number of aliphatic hydroxyl groups is 1. The van der Waals surface area contributed by atoms with E-state index in [4.69, 9.17) is 21.2 Å². The number of aromatic nitrogens is 1. The van der Waals surface area contributed by atoms with Gasteiger partial charge in [-0.2, -0.15) is 0 Å². The van der Waals surface area contributed by atoms with Crippen LogP contribution in [0.2, 0.25) is 5.02 Å². The number of rotatable bonds is 2. The molecule has 1 heterocycles. The Morgan fingerprint density at radius 2 is 2.29 bits per heavy atom. The predicted molar refractivity (Wildman–Crippen MR) is 54.5 cm³/mol. The van der Waals surface area contributed by atoms with Crippen LogP contribution in [0.3, 0.4) is 0 Å². The van der Waals surface area contributed by atoms with Crippen molar-refractivity contribution >= 4 is 22.6 Å². The van der Waals surface area contributed by atoms with Crippen molar-refractivity contribution in [2.45, 2.75) is 13.3 Å². The van der Waals surface area contributed by atoms with Crippen LogP contribution in [0.15, 0.2) is 16.7 Å². The summed E-state index contributed by atoms with van der Waals surface area (Å²) >= 11 is 5.92. The van der Waals surface area contributed by atoms with Gasteiger partial charge in [-0.15, -0.1) is 0 Å². The molecule has 74 valence electrons. The molecule has 0 unspecified atom stereocenters.